The second-order valence-corrected chi connectivity index (χ2v) is 8.12. The Morgan fingerprint density at radius 2 is 1.69 bits per heavy atom. The Labute approximate surface area is 175 Å². The lowest BCUT2D eigenvalue weighted by atomic mass is 10.1. The molecule has 0 amide bonds. The second-order valence-electron chi connectivity index (χ2n) is 6.81. The zero-order valence-electron chi connectivity index (χ0n) is 16.7. The molecule has 2 atom stereocenters. The van der Waals surface area contributed by atoms with Crippen LogP contribution in [0.3, 0.4) is 0 Å². The smallest absolute Gasteiger partial charge is 0.318 e. The van der Waals surface area contributed by atoms with Gasteiger partial charge in [-0.1, -0.05) is 72.4 Å². The third kappa shape index (κ3) is 5.68. The van der Waals surface area contributed by atoms with Crippen molar-refractivity contribution in [2.45, 2.75) is 42.8 Å². The number of benzene rings is 2. The van der Waals surface area contributed by atoms with Crippen molar-refractivity contribution in [1.29, 1.82) is 0 Å². The summed E-state index contributed by atoms with van der Waals surface area (Å²) in [7, 11) is 1.39. The van der Waals surface area contributed by atoms with Crippen LogP contribution in [0.4, 0.5) is 0 Å². The standard InChI is InChI=1S/C22H26N4O2S/c1-16(21(27)28-2)29-22-25-24-20(19(23)15-18-11-7-4-8-12-18)26(22)14-13-17-9-5-3-6-10-17/h3-12,16,19H,13-15,23H2,1-2H3/t16?,19-/m0/s1. The first-order chi connectivity index (χ1) is 14.1. The van der Waals surface area contributed by atoms with Crippen molar-refractivity contribution in [2.75, 3.05) is 7.11 Å². The summed E-state index contributed by atoms with van der Waals surface area (Å²) in [4.78, 5) is 11.9. The predicted molar refractivity (Wildman–Crippen MR) is 115 cm³/mol. The van der Waals surface area contributed by atoms with E-state index in [1.165, 1.54) is 24.4 Å². The maximum Gasteiger partial charge on any atom is 0.318 e. The van der Waals surface area contributed by atoms with Crippen molar-refractivity contribution in [3.8, 4) is 0 Å². The fraction of sp³-hybridized carbons (Fsp3) is 0.318. The van der Waals surface area contributed by atoms with Gasteiger partial charge in [0, 0.05) is 6.54 Å². The third-order valence-electron chi connectivity index (χ3n) is 4.66. The van der Waals surface area contributed by atoms with Gasteiger partial charge in [0.25, 0.3) is 0 Å². The van der Waals surface area contributed by atoms with Crippen molar-refractivity contribution in [3.05, 3.63) is 77.6 Å². The largest absolute Gasteiger partial charge is 0.468 e. The number of hydrogen-bond acceptors (Lipinski definition) is 6. The number of hydrogen-bond donors (Lipinski definition) is 1. The summed E-state index contributed by atoms with van der Waals surface area (Å²) in [5.74, 6) is 0.437. The molecule has 0 saturated carbocycles. The van der Waals surface area contributed by atoms with Crippen LogP contribution >= 0.6 is 11.8 Å². The molecular formula is C22H26N4O2S. The number of ether oxygens (including phenoxy) is 1. The van der Waals surface area contributed by atoms with Gasteiger partial charge in [0.05, 0.1) is 13.2 Å². The van der Waals surface area contributed by atoms with Crippen LogP contribution in [0.2, 0.25) is 0 Å². The van der Waals surface area contributed by atoms with Gasteiger partial charge in [-0.2, -0.15) is 0 Å². The summed E-state index contributed by atoms with van der Waals surface area (Å²) in [5.41, 5.74) is 8.87. The van der Waals surface area contributed by atoms with Crippen LogP contribution in [-0.4, -0.2) is 33.1 Å². The minimum Gasteiger partial charge on any atom is -0.468 e. The van der Waals surface area contributed by atoms with Gasteiger partial charge in [-0.3, -0.25) is 4.79 Å². The molecule has 0 saturated heterocycles. The number of carbonyl (C=O) groups is 1. The van der Waals surface area contributed by atoms with E-state index in [9.17, 15) is 4.79 Å². The zero-order chi connectivity index (χ0) is 20.6. The Bertz CT molecular complexity index is 915. The van der Waals surface area contributed by atoms with E-state index in [1.54, 1.807) is 6.92 Å². The van der Waals surface area contributed by atoms with Crippen LogP contribution in [0.1, 0.15) is 29.9 Å². The minimum atomic E-state index is -0.377. The third-order valence-corrected chi connectivity index (χ3v) is 5.72. The quantitative estimate of drug-likeness (QED) is 0.430. The molecule has 6 nitrogen and oxygen atoms in total. The van der Waals surface area contributed by atoms with Crippen molar-refractivity contribution in [3.63, 3.8) is 0 Å². The molecule has 1 unspecified atom stereocenters. The highest BCUT2D eigenvalue weighted by molar-refractivity contribution is 8.00. The fourth-order valence-electron chi connectivity index (χ4n) is 3.09. The fourth-order valence-corrected chi connectivity index (χ4v) is 4.00. The number of carbonyl (C=O) groups excluding carboxylic acids is 1. The highest BCUT2D eigenvalue weighted by Crippen LogP contribution is 2.26. The van der Waals surface area contributed by atoms with Crippen molar-refractivity contribution < 1.29 is 9.53 Å². The molecule has 0 fully saturated rings. The molecule has 7 heteroatoms. The molecule has 3 aromatic rings. The van der Waals surface area contributed by atoms with Crippen LogP contribution in [0.5, 0.6) is 0 Å². The monoisotopic (exact) mass is 410 g/mol. The lowest BCUT2D eigenvalue weighted by molar-refractivity contribution is -0.139. The molecule has 29 heavy (non-hydrogen) atoms. The lowest BCUT2D eigenvalue weighted by Crippen LogP contribution is -2.21. The van der Waals surface area contributed by atoms with E-state index in [1.807, 2.05) is 41.0 Å². The van der Waals surface area contributed by atoms with Gasteiger partial charge in [-0.05, 0) is 30.9 Å². The zero-order valence-corrected chi connectivity index (χ0v) is 17.5. The van der Waals surface area contributed by atoms with Crippen molar-refractivity contribution in [2.24, 2.45) is 5.73 Å². The molecule has 2 N–H and O–H groups in total. The molecule has 1 heterocycles. The highest BCUT2D eigenvalue weighted by atomic mass is 32.2. The van der Waals surface area contributed by atoms with E-state index in [-0.39, 0.29) is 17.3 Å². The number of aryl methyl sites for hydroxylation is 1. The molecule has 0 aliphatic heterocycles. The number of thioether (sulfide) groups is 1. The lowest BCUT2D eigenvalue weighted by Gasteiger charge is -2.16. The number of esters is 1. The highest BCUT2D eigenvalue weighted by Gasteiger charge is 2.23. The molecule has 2 aromatic carbocycles. The molecule has 3 rings (SSSR count). The average Bonchev–Trinajstić information content (AvgIpc) is 3.15. The summed E-state index contributed by atoms with van der Waals surface area (Å²) in [6.07, 6.45) is 1.49. The molecule has 0 aliphatic carbocycles. The first-order valence-electron chi connectivity index (χ1n) is 9.59. The summed E-state index contributed by atoms with van der Waals surface area (Å²) in [6.45, 7) is 2.49. The van der Waals surface area contributed by atoms with Gasteiger partial charge in [0.2, 0.25) is 0 Å². The molecule has 1 aromatic heterocycles. The van der Waals surface area contributed by atoms with E-state index < -0.39 is 0 Å². The van der Waals surface area contributed by atoms with E-state index in [0.29, 0.717) is 18.1 Å². The first-order valence-corrected chi connectivity index (χ1v) is 10.5. The Balaban J connectivity index is 1.83. The van der Waals surface area contributed by atoms with Gasteiger partial charge in [0.15, 0.2) is 11.0 Å². The summed E-state index contributed by atoms with van der Waals surface area (Å²) in [5, 5.41) is 9.01. The molecular weight excluding hydrogens is 384 g/mol. The summed E-state index contributed by atoms with van der Waals surface area (Å²) < 4.78 is 6.88. The molecule has 0 radical (unpaired) electrons. The maximum atomic E-state index is 11.9. The SMILES string of the molecule is COC(=O)C(C)Sc1nnc([C@@H](N)Cc2ccccc2)n1CCc1ccccc1. The van der Waals surface area contributed by atoms with E-state index in [0.717, 1.165) is 17.8 Å². The van der Waals surface area contributed by atoms with Crippen LogP contribution in [-0.2, 0) is 28.9 Å². The number of nitrogens with zero attached hydrogens (tertiary/aromatic N) is 3. The number of nitrogens with two attached hydrogens (primary N) is 1. The molecule has 0 aliphatic rings. The van der Waals surface area contributed by atoms with Gasteiger partial charge in [0.1, 0.15) is 5.25 Å². The topological polar surface area (TPSA) is 83.0 Å². The number of rotatable bonds is 9. The van der Waals surface area contributed by atoms with E-state index >= 15 is 0 Å². The van der Waals surface area contributed by atoms with Gasteiger partial charge >= 0.3 is 5.97 Å². The number of aromatic nitrogens is 3. The van der Waals surface area contributed by atoms with Crippen molar-refractivity contribution in [1.82, 2.24) is 14.8 Å². The Morgan fingerprint density at radius 3 is 2.31 bits per heavy atom. The summed E-state index contributed by atoms with van der Waals surface area (Å²) in [6, 6.07) is 20.1. The average molecular weight is 411 g/mol. The Hall–Kier alpha value is -2.64. The number of methoxy groups -OCH3 is 1. The Kier molecular flexibility index (Phi) is 7.43. The summed E-state index contributed by atoms with van der Waals surface area (Å²) >= 11 is 1.34. The molecule has 152 valence electrons. The minimum absolute atomic E-state index is 0.288. The van der Waals surface area contributed by atoms with Crippen LogP contribution < -0.4 is 5.73 Å². The van der Waals surface area contributed by atoms with Crippen LogP contribution in [0.25, 0.3) is 0 Å². The maximum absolute atomic E-state index is 11.9. The van der Waals surface area contributed by atoms with E-state index in [4.69, 9.17) is 10.5 Å². The Morgan fingerprint density at radius 1 is 1.07 bits per heavy atom. The molecule has 0 spiro atoms. The second kappa shape index (κ2) is 10.2. The van der Waals surface area contributed by atoms with Crippen molar-refractivity contribution >= 4 is 17.7 Å². The first kappa shape index (κ1) is 21.1. The van der Waals surface area contributed by atoms with Gasteiger partial charge in [-0.15, -0.1) is 10.2 Å². The molecule has 0 bridgehead atoms. The predicted octanol–water partition coefficient (Wildman–Crippen LogP) is 3.42. The normalized spacial score (nSPS) is 13.1. The van der Waals surface area contributed by atoms with Crippen LogP contribution in [0, 0.1) is 0 Å². The van der Waals surface area contributed by atoms with Gasteiger partial charge in [-0.25, -0.2) is 0 Å². The van der Waals surface area contributed by atoms with Crippen LogP contribution in [0.15, 0.2) is 65.8 Å². The van der Waals surface area contributed by atoms with Gasteiger partial charge < -0.3 is 15.0 Å². The van der Waals surface area contributed by atoms with E-state index in [2.05, 4.69) is 34.5 Å².